The number of fused-ring (bicyclic) bond motifs is 1. The Morgan fingerprint density at radius 1 is 1.00 bits per heavy atom. The first kappa shape index (κ1) is 22.1. The van der Waals surface area contributed by atoms with Crippen LogP contribution >= 0.6 is 11.3 Å². The zero-order chi connectivity index (χ0) is 22.4. The van der Waals surface area contributed by atoms with Gasteiger partial charge in [-0.15, -0.1) is 11.3 Å². The number of allylic oxidation sites excluding steroid dienone is 4. The average molecular weight is 428 g/mol. The third kappa shape index (κ3) is 4.76. The molecule has 2 N–H and O–H groups in total. The molecule has 0 saturated carbocycles. The SMILES string of the molecule is C=C/C=C(\C=C)c1cccc(-c2ccc(-c3cc4ccc(N)cc4oc3=O)s2)c1.CC. The molecule has 0 radical (unpaired) electrons. The molecule has 2 aromatic heterocycles. The number of hydrogen-bond acceptors (Lipinski definition) is 4. The van der Waals surface area contributed by atoms with Crippen LogP contribution in [0.4, 0.5) is 5.69 Å². The largest absolute Gasteiger partial charge is 0.422 e. The maximum absolute atomic E-state index is 12.5. The zero-order valence-electron chi connectivity index (χ0n) is 17.7. The lowest BCUT2D eigenvalue weighted by Crippen LogP contribution is -2.01. The van der Waals surface area contributed by atoms with Crippen LogP contribution in [0.15, 0.2) is 101 Å². The third-order valence-electron chi connectivity index (χ3n) is 4.63. The molecule has 0 bridgehead atoms. The second-order valence-electron chi connectivity index (χ2n) is 6.55. The van der Waals surface area contributed by atoms with E-state index in [4.69, 9.17) is 10.2 Å². The van der Waals surface area contributed by atoms with E-state index in [9.17, 15) is 4.79 Å². The van der Waals surface area contributed by atoms with Crippen molar-refractivity contribution in [3.63, 3.8) is 0 Å². The van der Waals surface area contributed by atoms with Crippen molar-refractivity contribution in [2.45, 2.75) is 13.8 Å². The summed E-state index contributed by atoms with van der Waals surface area (Å²) in [6.07, 6.45) is 5.49. The van der Waals surface area contributed by atoms with Crippen LogP contribution in [0, 0.1) is 0 Å². The normalized spacial score (nSPS) is 11.0. The molecule has 156 valence electrons. The number of hydrogen-bond donors (Lipinski definition) is 1. The number of thiophene rings is 1. The Bertz CT molecular complexity index is 1320. The summed E-state index contributed by atoms with van der Waals surface area (Å²) < 4.78 is 5.48. The minimum Gasteiger partial charge on any atom is -0.422 e. The van der Waals surface area contributed by atoms with Gasteiger partial charge in [0.15, 0.2) is 0 Å². The van der Waals surface area contributed by atoms with Gasteiger partial charge in [0.25, 0.3) is 0 Å². The van der Waals surface area contributed by atoms with Gasteiger partial charge in [0.1, 0.15) is 5.58 Å². The van der Waals surface area contributed by atoms with Gasteiger partial charge >= 0.3 is 5.63 Å². The fourth-order valence-corrected chi connectivity index (χ4v) is 4.20. The molecule has 0 aliphatic heterocycles. The summed E-state index contributed by atoms with van der Waals surface area (Å²) in [5, 5.41) is 0.843. The maximum atomic E-state index is 12.5. The molecule has 0 amide bonds. The van der Waals surface area contributed by atoms with E-state index in [1.165, 1.54) is 0 Å². The van der Waals surface area contributed by atoms with E-state index in [2.05, 4.69) is 25.3 Å². The first-order valence-electron chi connectivity index (χ1n) is 10.1. The van der Waals surface area contributed by atoms with E-state index in [-0.39, 0.29) is 5.63 Å². The first-order chi connectivity index (χ1) is 15.1. The first-order valence-corrected chi connectivity index (χ1v) is 10.9. The van der Waals surface area contributed by atoms with E-state index >= 15 is 0 Å². The highest BCUT2D eigenvalue weighted by Crippen LogP contribution is 2.35. The number of rotatable bonds is 5. The van der Waals surface area contributed by atoms with E-state index in [1.54, 1.807) is 29.5 Å². The molecule has 0 aliphatic rings. The van der Waals surface area contributed by atoms with E-state index in [0.717, 1.165) is 31.8 Å². The van der Waals surface area contributed by atoms with Crippen LogP contribution in [0.3, 0.4) is 0 Å². The van der Waals surface area contributed by atoms with Gasteiger partial charge in [0.2, 0.25) is 0 Å². The summed E-state index contributed by atoms with van der Waals surface area (Å²) in [4.78, 5) is 14.5. The summed E-state index contributed by atoms with van der Waals surface area (Å²) in [6, 6.07) is 19.4. The molecule has 0 atom stereocenters. The summed E-state index contributed by atoms with van der Waals surface area (Å²) in [5.41, 5.74) is 10.2. The second-order valence-corrected chi connectivity index (χ2v) is 7.64. The van der Waals surface area contributed by atoms with Gasteiger partial charge in [0.05, 0.1) is 5.56 Å². The van der Waals surface area contributed by atoms with Crippen molar-refractivity contribution >= 4 is 33.6 Å². The molecule has 0 aliphatic carbocycles. The van der Waals surface area contributed by atoms with E-state index < -0.39 is 0 Å². The highest BCUT2D eigenvalue weighted by Gasteiger charge is 2.12. The number of anilines is 1. The highest BCUT2D eigenvalue weighted by atomic mass is 32.1. The van der Waals surface area contributed by atoms with Crippen molar-refractivity contribution in [1.82, 2.24) is 0 Å². The molecular weight excluding hydrogens is 402 g/mol. The predicted octanol–water partition coefficient (Wildman–Crippen LogP) is 7.55. The Kier molecular flexibility index (Phi) is 7.06. The molecule has 0 saturated heterocycles. The zero-order valence-corrected chi connectivity index (χ0v) is 18.5. The lowest BCUT2D eigenvalue weighted by Gasteiger charge is -2.05. The molecule has 4 rings (SSSR count). The summed E-state index contributed by atoms with van der Waals surface area (Å²) >= 11 is 1.56. The van der Waals surface area contributed by atoms with Crippen LogP contribution in [0.25, 0.3) is 37.4 Å². The summed E-state index contributed by atoms with van der Waals surface area (Å²) in [7, 11) is 0. The predicted molar refractivity (Wildman–Crippen MR) is 135 cm³/mol. The van der Waals surface area contributed by atoms with Gasteiger partial charge in [0, 0.05) is 26.9 Å². The van der Waals surface area contributed by atoms with Crippen molar-refractivity contribution in [2.75, 3.05) is 5.73 Å². The molecule has 4 aromatic rings. The van der Waals surface area contributed by atoms with E-state index in [0.29, 0.717) is 16.8 Å². The van der Waals surface area contributed by atoms with Gasteiger partial charge in [-0.05, 0) is 53.1 Å². The standard InChI is InChI=1S/C25H19NO2S.C2H6/c1-3-6-16(4-2)17-7-5-8-19(13-17)23-11-12-24(29-23)21-14-18-9-10-20(26)15-22(18)28-25(21)27;1-2/h3-15H,1-2,26H2;1-2H3/b16-6+;. The van der Waals surface area contributed by atoms with Gasteiger partial charge < -0.3 is 10.2 Å². The Labute approximate surface area is 186 Å². The molecule has 31 heavy (non-hydrogen) atoms. The Balaban J connectivity index is 0.00000132. The summed E-state index contributed by atoms with van der Waals surface area (Å²) in [6.45, 7) is 11.6. The number of nitrogens with two attached hydrogens (primary N) is 1. The fourth-order valence-electron chi connectivity index (χ4n) is 3.20. The number of nitrogen functional groups attached to an aromatic ring is 1. The van der Waals surface area contributed by atoms with Gasteiger partial charge in [-0.1, -0.05) is 63.4 Å². The maximum Gasteiger partial charge on any atom is 0.345 e. The molecule has 0 spiro atoms. The average Bonchev–Trinajstić information content (AvgIpc) is 3.28. The fraction of sp³-hybridized carbons (Fsp3) is 0.0741. The molecular formula is C27H25NO2S. The Morgan fingerprint density at radius 2 is 1.77 bits per heavy atom. The van der Waals surface area contributed by atoms with Crippen LogP contribution in [0.2, 0.25) is 0 Å². The lowest BCUT2D eigenvalue weighted by atomic mass is 10.0. The van der Waals surface area contributed by atoms with Gasteiger partial charge in [-0.25, -0.2) is 4.79 Å². The van der Waals surface area contributed by atoms with Crippen molar-refractivity contribution < 1.29 is 4.42 Å². The van der Waals surface area contributed by atoms with Crippen LogP contribution in [-0.4, -0.2) is 0 Å². The van der Waals surface area contributed by atoms with Crippen molar-refractivity contribution in [3.8, 4) is 20.9 Å². The number of benzene rings is 2. The minimum absolute atomic E-state index is 0.367. The van der Waals surface area contributed by atoms with Crippen molar-refractivity contribution in [3.05, 3.63) is 108 Å². The van der Waals surface area contributed by atoms with Gasteiger partial charge in [-0.2, -0.15) is 0 Å². The third-order valence-corrected chi connectivity index (χ3v) is 5.80. The van der Waals surface area contributed by atoms with Gasteiger partial charge in [-0.3, -0.25) is 0 Å². The minimum atomic E-state index is -0.367. The van der Waals surface area contributed by atoms with Crippen molar-refractivity contribution in [2.24, 2.45) is 0 Å². The second kappa shape index (κ2) is 9.92. The summed E-state index contributed by atoms with van der Waals surface area (Å²) in [5.74, 6) is 0. The van der Waals surface area contributed by atoms with Crippen molar-refractivity contribution in [1.29, 1.82) is 0 Å². The molecule has 4 heteroatoms. The Hall–Kier alpha value is -3.63. The quantitative estimate of drug-likeness (QED) is 0.203. The monoisotopic (exact) mass is 427 g/mol. The van der Waals surface area contributed by atoms with E-state index in [1.807, 2.05) is 62.4 Å². The highest BCUT2D eigenvalue weighted by molar-refractivity contribution is 7.18. The molecule has 0 fully saturated rings. The molecule has 3 nitrogen and oxygen atoms in total. The Morgan fingerprint density at radius 3 is 2.52 bits per heavy atom. The van der Waals surface area contributed by atoms with Crippen LogP contribution < -0.4 is 11.4 Å². The van der Waals surface area contributed by atoms with Crippen LogP contribution in [0.1, 0.15) is 19.4 Å². The lowest BCUT2D eigenvalue weighted by molar-refractivity contribution is 0.564. The molecule has 2 aromatic carbocycles. The van der Waals surface area contributed by atoms with Crippen LogP contribution in [0.5, 0.6) is 0 Å². The topological polar surface area (TPSA) is 56.2 Å². The molecule has 2 heterocycles. The molecule has 0 unspecified atom stereocenters. The smallest absolute Gasteiger partial charge is 0.345 e. The van der Waals surface area contributed by atoms with Crippen LogP contribution in [-0.2, 0) is 0 Å².